The van der Waals surface area contributed by atoms with Crippen LogP contribution < -0.4 is 21.7 Å². The Labute approximate surface area is 159 Å². The Hall–Kier alpha value is -2.20. The molecule has 0 fully saturated rings. The van der Waals surface area contributed by atoms with Crippen molar-refractivity contribution in [1.82, 2.24) is 16.0 Å². The van der Waals surface area contributed by atoms with Crippen LogP contribution in [-0.2, 0) is 19.2 Å². The molecule has 10 heteroatoms. The second-order valence-electron chi connectivity index (χ2n) is 6.98. The Balaban J connectivity index is 4.89. The maximum absolute atomic E-state index is 12.4. The van der Waals surface area contributed by atoms with Gasteiger partial charge in [0.2, 0.25) is 17.7 Å². The fourth-order valence-corrected chi connectivity index (χ4v) is 2.19. The molecule has 0 spiro atoms. The van der Waals surface area contributed by atoms with E-state index in [1.807, 2.05) is 6.92 Å². The lowest BCUT2D eigenvalue weighted by Gasteiger charge is -2.26. The number of rotatable bonds is 11. The smallest absolute Gasteiger partial charge is 0.326 e. The van der Waals surface area contributed by atoms with Crippen LogP contribution in [0.3, 0.4) is 0 Å². The van der Waals surface area contributed by atoms with E-state index in [0.29, 0.717) is 6.42 Å². The minimum Gasteiger partial charge on any atom is -0.480 e. The van der Waals surface area contributed by atoms with Crippen LogP contribution in [0, 0.1) is 11.8 Å². The van der Waals surface area contributed by atoms with E-state index < -0.39 is 54.5 Å². The maximum Gasteiger partial charge on any atom is 0.326 e. The molecule has 0 aromatic heterocycles. The SMILES string of the molecule is CCC(C)C(NC(=O)C(N)C(C)O)C(=O)NCC(=O)NC(C(=O)O)C(C)C. The zero-order valence-corrected chi connectivity index (χ0v) is 16.5. The summed E-state index contributed by atoms with van der Waals surface area (Å²) >= 11 is 0. The van der Waals surface area contributed by atoms with Crippen molar-refractivity contribution in [2.75, 3.05) is 6.54 Å². The Morgan fingerprint density at radius 1 is 0.963 bits per heavy atom. The summed E-state index contributed by atoms with van der Waals surface area (Å²) in [6.45, 7) is 7.81. The number of amides is 3. The molecule has 0 heterocycles. The van der Waals surface area contributed by atoms with Gasteiger partial charge in [-0.3, -0.25) is 14.4 Å². The van der Waals surface area contributed by atoms with E-state index in [0.717, 1.165) is 0 Å². The number of aliphatic carboxylic acids is 1. The molecular weight excluding hydrogens is 356 g/mol. The van der Waals surface area contributed by atoms with Gasteiger partial charge in [-0.2, -0.15) is 0 Å². The Bertz CT molecular complexity index is 538. The largest absolute Gasteiger partial charge is 0.480 e. The average Bonchev–Trinajstić information content (AvgIpc) is 2.59. The molecule has 0 radical (unpaired) electrons. The number of aliphatic hydroxyl groups is 1. The number of carboxylic acid groups (broad SMARTS) is 1. The van der Waals surface area contributed by atoms with Crippen molar-refractivity contribution in [3.05, 3.63) is 0 Å². The maximum atomic E-state index is 12.4. The number of carbonyl (C=O) groups is 4. The zero-order chi connectivity index (χ0) is 21.3. The summed E-state index contributed by atoms with van der Waals surface area (Å²) in [4.78, 5) is 47.5. The summed E-state index contributed by atoms with van der Waals surface area (Å²) < 4.78 is 0. The van der Waals surface area contributed by atoms with E-state index in [2.05, 4.69) is 16.0 Å². The first-order valence-electron chi connectivity index (χ1n) is 8.96. The molecule has 0 saturated carbocycles. The van der Waals surface area contributed by atoms with Crippen LogP contribution in [0.4, 0.5) is 0 Å². The summed E-state index contributed by atoms with van der Waals surface area (Å²) in [5.74, 6) is -3.67. The predicted octanol–water partition coefficient (Wildman–Crippen LogP) is -1.43. The van der Waals surface area contributed by atoms with Crippen molar-refractivity contribution >= 4 is 23.7 Å². The molecule has 0 bridgehead atoms. The van der Waals surface area contributed by atoms with Crippen LogP contribution in [0.15, 0.2) is 0 Å². The van der Waals surface area contributed by atoms with Crippen molar-refractivity contribution in [2.45, 2.75) is 65.3 Å². The zero-order valence-electron chi connectivity index (χ0n) is 16.5. The average molecular weight is 388 g/mol. The summed E-state index contributed by atoms with van der Waals surface area (Å²) in [5.41, 5.74) is 5.57. The van der Waals surface area contributed by atoms with Crippen LogP contribution >= 0.6 is 0 Å². The van der Waals surface area contributed by atoms with Gasteiger partial charge >= 0.3 is 5.97 Å². The Kier molecular flexibility index (Phi) is 10.6. The number of aliphatic hydroxyl groups excluding tert-OH is 1. The lowest BCUT2D eigenvalue weighted by atomic mass is 9.97. The summed E-state index contributed by atoms with van der Waals surface area (Å²) in [6, 6.07) is -3.20. The van der Waals surface area contributed by atoms with Crippen molar-refractivity contribution in [3.63, 3.8) is 0 Å². The molecule has 5 atom stereocenters. The van der Waals surface area contributed by atoms with Crippen molar-refractivity contribution in [2.24, 2.45) is 17.6 Å². The van der Waals surface area contributed by atoms with Crippen molar-refractivity contribution < 1.29 is 29.4 Å². The third-order valence-corrected chi connectivity index (χ3v) is 4.29. The molecule has 156 valence electrons. The van der Waals surface area contributed by atoms with Gasteiger partial charge in [-0.25, -0.2) is 4.79 Å². The van der Waals surface area contributed by atoms with Gasteiger partial charge in [0.25, 0.3) is 0 Å². The molecule has 0 aliphatic carbocycles. The van der Waals surface area contributed by atoms with Crippen LogP contribution in [0.2, 0.25) is 0 Å². The lowest BCUT2D eigenvalue weighted by molar-refractivity contribution is -0.143. The van der Waals surface area contributed by atoms with Crippen molar-refractivity contribution in [1.29, 1.82) is 0 Å². The van der Waals surface area contributed by atoms with Gasteiger partial charge in [0.05, 0.1) is 12.6 Å². The molecule has 0 saturated heterocycles. The van der Waals surface area contributed by atoms with E-state index in [1.54, 1.807) is 20.8 Å². The number of nitrogens with one attached hydrogen (secondary N) is 3. The fraction of sp³-hybridized carbons (Fsp3) is 0.765. The van der Waals surface area contributed by atoms with Gasteiger partial charge in [0.15, 0.2) is 0 Å². The topological polar surface area (TPSA) is 171 Å². The molecule has 3 amide bonds. The quantitative estimate of drug-likeness (QED) is 0.252. The molecular formula is C17H32N4O6. The standard InChI is InChI=1S/C17H32N4O6/c1-6-9(4)14(21-15(24)12(18)10(5)22)16(25)19-7-11(23)20-13(8(2)3)17(26)27/h8-10,12-14,22H,6-7,18H2,1-5H3,(H,19,25)(H,20,23)(H,21,24)(H,26,27). The van der Waals surface area contributed by atoms with E-state index in [1.165, 1.54) is 6.92 Å². The molecule has 0 aromatic carbocycles. The summed E-state index contributed by atoms with van der Waals surface area (Å²) in [7, 11) is 0. The molecule has 10 nitrogen and oxygen atoms in total. The minimum absolute atomic E-state index is 0.249. The first kappa shape index (κ1) is 24.8. The molecule has 0 aliphatic rings. The van der Waals surface area contributed by atoms with Crippen LogP contribution in [0.5, 0.6) is 0 Å². The molecule has 27 heavy (non-hydrogen) atoms. The monoisotopic (exact) mass is 388 g/mol. The van der Waals surface area contributed by atoms with Gasteiger partial charge < -0.3 is 31.9 Å². The van der Waals surface area contributed by atoms with Gasteiger partial charge in [-0.05, 0) is 18.8 Å². The normalized spacial score (nSPS) is 16.6. The predicted molar refractivity (Wildman–Crippen MR) is 98.5 cm³/mol. The summed E-state index contributed by atoms with van der Waals surface area (Å²) in [5, 5.41) is 25.7. The number of carboxylic acids is 1. The van der Waals surface area contributed by atoms with Gasteiger partial charge in [0, 0.05) is 0 Å². The van der Waals surface area contributed by atoms with Gasteiger partial charge in [0.1, 0.15) is 18.1 Å². The second-order valence-corrected chi connectivity index (χ2v) is 6.98. The fourth-order valence-electron chi connectivity index (χ4n) is 2.19. The summed E-state index contributed by atoms with van der Waals surface area (Å²) in [6.07, 6.45) is -0.511. The third kappa shape index (κ3) is 8.35. The minimum atomic E-state index is -1.19. The van der Waals surface area contributed by atoms with E-state index >= 15 is 0 Å². The molecule has 0 aromatic rings. The Morgan fingerprint density at radius 2 is 1.52 bits per heavy atom. The molecule has 0 aliphatic heterocycles. The first-order valence-corrected chi connectivity index (χ1v) is 8.96. The number of nitrogens with two attached hydrogens (primary N) is 1. The first-order chi connectivity index (χ1) is 12.4. The highest BCUT2D eigenvalue weighted by molar-refractivity contribution is 5.92. The van der Waals surface area contributed by atoms with Crippen LogP contribution in [0.25, 0.3) is 0 Å². The molecule has 7 N–H and O–H groups in total. The Morgan fingerprint density at radius 3 is 1.93 bits per heavy atom. The number of carbonyl (C=O) groups excluding carboxylic acids is 3. The highest BCUT2D eigenvalue weighted by atomic mass is 16.4. The highest BCUT2D eigenvalue weighted by Crippen LogP contribution is 2.08. The van der Waals surface area contributed by atoms with Gasteiger partial charge in [-0.1, -0.05) is 34.1 Å². The number of hydrogen-bond donors (Lipinski definition) is 6. The van der Waals surface area contributed by atoms with Crippen LogP contribution in [-0.4, -0.2) is 64.7 Å². The highest BCUT2D eigenvalue weighted by Gasteiger charge is 2.30. The molecule has 0 rings (SSSR count). The third-order valence-electron chi connectivity index (χ3n) is 4.29. The van der Waals surface area contributed by atoms with Crippen LogP contribution in [0.1, 0.15) is 41.0 Å². The molecule has 5 unspecified atom stereocenters. The van der Waals surface area contributed by atoms with Crippen molar-refractivity contribution in [3.8, 4) is 0 Å². The number of hydrogen-bond acceptors (Lipinski definition) is 6. The van der Waals surface area contributed by atoms with E-state index in [-0.39, 0.29) is 11.8 Å². The van der Waals surface area contributed by atoms with E-state index in [9.17, 15) is 24.3 Å². The lowest BCUT2D eigenvalue weighted by Crippen LogP contribution is -2.57. The van der Waals surface area contributed by atoms with E-state index in [4.69, 9.17) is 10.8 Å². The van der Waals surface area contributed by atoms with Gasteiger partial charge in [-0.15, -0.1) is 0 Å². The second kappa shape index (κ2) is 11.5.